The number of amides is 3. The van der Waals surface area contributed by atoms with E-state index in [0.29, 0.717) is 32.0 Å². The molecule has 1 aromatic heterocycles. The number of likely N-dealkylation sites (tertiary alicyclic amines) is 1. The minimum atomic E-state index is -0.468. The van der Waals surface area contributed by atoms with Crippen molar-refractivity contribution in [2.24, 2.45) is 11.7 Å². The van der Waals surface area contributed by atoms with Crippen molar-refractivity contribution in [3.8, 4) is 5.75 Å². The van der Waals surface area contributed by atoms with Crippen molar-refractivity contribution in [2.45, 2.75) is 19.8 Å². The number of fused-ring (bicyclic) bond motifs is 1. The minimum Gasteiger partial charge on any atom is -0.489 e. The summed E-state index contributed by atoms with van der Waals surface area (Å²) in [4.78, 5) is 29.6. The summed E-state index contributed by atoms with van der Waals surface area (Å²) < 4.78 is 5.81. The van der Waals surface area contributed by atoms with Crippen LogP contribution < -0.4 is 15.8 Å². The number of ether oxygens (including phenoxy) is 1. The van der Waals surface area contributed by atoms with Gasteiger partial charge in [0.2, 0.25) is 5.91 Å². The molecule has 2 heterocycles. The normalized spacial score (nSPS) is 17.1. The molecule has 1 atom stereocenters. The molecule has 1 aliphatic heterocycles. The second-order valence-electron chi connectivity index (χ2n) is 6.54. The van der Waals surface area contributed by atoms with Crippen LogP contribution in [0.25, 0.3) is 10.9 Å². The molecule has 7 nitrogen and oxygen atoms in total. The van der Waals surface area contributed by atoms with Crippen molar-refractivity contribution in [1.82, 2.24) is 15.2 Å². The molecule has 1 fully saturated rings. The number of pyridine rings is 1. The molecule has 0 unspecified atom stereocenters. The number of hydrogen-bond acceptors (Lipinski definition) is 4. The fourth-order valence-electron chi connectivity index (χ4n) is 3.20. The zero-order valence-corrected chi connectivity index (χ0v) is 14.9. The smallest absolute Gasteiger partial charge is 0.314 e. The van der Waals surface area contributed by atoms with Crippen LogP contribution in [0.2, 0.25) is 0 Å². The third kappa shape index (κ3) is 4.22. The molecule has 1 aromatic carbocycles. The summed E-state index contributed by atoms with van der Waals surface area (Å²) in [7, 11) is 0. The van der Waals surface area contributed by atoms with Gasteiger partial charge in [0.15, 0.2) is 0 Å². The molecule has 0 aliphatic carbocycles. The molecule has 26 heavy (non-hydrogen) atoms. The lowest BCUT2D eigenvalue weighted by Gasteiger charge is -2.30. The maximum absolute atomic E-state index is 12.3. The largest absolute Gasteiger partial charge is 0.489 e. The number of primary amides is 1. The number of nitrogens with zero attached hydrogens (tertiary/aromatic N) is 2. The molecule has 1 aliphatic rings. The van der Waals surface area contributed by atoms with E-state index in [2.05, 4.69) is 10.3 Å². The Morgan fingerprint density at radius 1 is 1.35 bits per heavy atom. The molecular weight excluding hydrogens is 332 g/mol. The Morgan fingerprint density at radius 2 is 2.19 bits per heavy atom. The van der Waals surface area contributed by atoms with Crippen LogP contribution >= 0.6 is 0 Å². The highest BCUT2D eigenvalue weighted by molar-refractivity contribution is 5.84. The molecule has 3 rings (SSSR count). The molecule has 0 bridgehead atoms. The Kier molecular flexibility index (Phi) is 5.55. The minimum absolute atomic E-state index is 0.0635. The van der Waals surface area contributed by atoms with Crippen LogP contribution in [0.5, 0.6) is 5.75 Å². The Balaban J connectivity index is 1.51. The summed E-state index contributed by atoms with van der Waals surface area (Å²) in [6.07, 6.45) is 1.56. The second-order valence-corrected chi connectivity index (χ2v) is 6.54. The third-order valence-corrected chi connectivity index (χ3v) is 4.59. The first-order chi connectivity index (χ1) is 12.5. The van der Waals surface area contributed by atoms with Crippen LogP contribution in [0.4, 0.5) is 4.79 Å². The van der Waals surface area contributed by atoms with Crippen molar-refractivity contribution < 1.29 is 14.3 Å². The summed E-state index contributed by atoms with van der Waals surface area (Å²) in [6.45, 7) is 3.70. The maximum atomic E-state index is 12.3. The van der Waals surface area contributed by atoms with Gasteiger partial charge in [-0.2, -0.15) is 0 Å². The van der Waals surface area contributed by atoms with Gasteiger partial charge in [0.25, 0.3) is 0 Å². The van der Waals surface area contributed by atoms with Crippen LogP contribution in [0.1, 0.15) is 18.5 Å². The molecule has 0 saturated carbocycles. The van der Waals surface area contributed by atoms with Crippen molar-refractivity contribution in [1.29, 1.82) is 0 Å². The van der Waals surface area contributed by atoms with Gasteiger partial charge in [0.05, 0.1) is 12.5 Å². The number of carbonyl (C=O) groups excluding carboxylic acids is 2. The highest BCUT2D eigenvalue weighted by Crippen LogP contribution is 2.23. The molecule has 2 aromatic rings. The highest BCUT2D eigenvalue weighted by Gasteiger charge is 2.27. The summed E-state index contributed by atoms with van der Waals surface area (Å²) in [5.74, 6) is 0.433. The first-order valence-corrected chi connectivity index (χ1v) is 8.86. The van der Waals surface area contributed by atoms with Crippen LogP contribution in [-0.2, 0) is 4.79 Å². The van der Waals surface area contributed by atoms with E-state index in [4.69, 9.17) is 10.5 Å². The average molecular weight is 356 g/mol. The monoisotopic (exact) mass is 356 g/mol. The van der Waals surface area contributed by atoms with Crippen LogP contribution in [0.15, 0.2) is 30.3 Å². The molecule has 0 radical (unpaired) electrons. The van der Waals surface area contributed by atoms with Crippen molar-refractivity contribution in [3.05, 3.63) is 36.0 Å². The van der Waals surface area contributed by atoms with Gasteiger partial charge in [-0.25, -0.2) is 9.78 Å². The molecule has 7 heteroatoms. The lowest BCUT2D eigenvalue weighted by Crippen LogP contribution is -2.47. The number of nitrogens with one attached hydrogen (secondary N) is 1. The lowest BCUT2D eigenvalue weighted by molar-refractivity contribution is -0.126. The number of nitrogens with two attached hydrogens (primary N) is 1. The number of urea groups is 1. The van der Waals surface area contributed by atoms with Crippen LogP contribution in [0.3, 0.4) is 0 Å². The number of piperidine rings is 1. The Labute approximate surface area is 152 Å². The van der Waals surface area contributed by atoms with Gasteiger partial charge in [-0.05, 0) is 31.9 Å². The number of benzene rings is 1. The quantitative estimate of drug-likeness (QED) is 0.799. The first kappa shape index (κ1) is 18.0. The SMILES string of the molecule is Cc1ccc2cccc(OCCNC(=O)[C@@H]3CCCN(C(N)=O)C3)c2n1. The number of hydrogen-bond donors (Lipinski definition) is 2. The van der Waals surface area contributed by atoms with Gasteiger partial charge in [0.1, 0.15) is 17.9 Å². The van der Waals surface area contributed by atoms with E-state index >= 15 is 0 Å². The average Bonchev–Trinajstić information content (AvgIpc) is 2.65. The van der Waals surface area contributed by atoms with Gasteiger partial charge in [-0.15, -0.1) is 0 Å². The van der Waals surface area contributed by atoms with E-state index in [9.17, 15) is 9.59 Å². The summed E-state index contributed by atoms with van der Waals surface area (Å²) in [5.41, 5.74) is 7.05. The van der Waals surface area contributed by atoms with Crippen LogP contribution in [0, 0.1) is 12.8 Å². The summed E-state index contributed by atoms with van der Waals surface area (Å²) >= 11 is 0. The predicted molar refractivity (Wildman–Crippen MR) is 98.9 cm³/mol. The molecule has 3 N–H and O–H groups in total. The predicted octanol–water partition coefficient (Wildman–Crippen LogP) is 1.83. The van der Waals surface area contributed by atoms with Gasteiger partial charge in [-0.3, -0.25) is 4.79 Å². The van der Waals surface area contributed by atoms with E-state index in [-0.39, 0.29) is 11.8 Å². The van der Waals surface area contributed by atoms with E-state index in [1.807, 2.05) is 37.3 Å². The summed E-state index contributed by atoms with van der Waals surface area (Å²) in [6, 6.07) is 9.30. The lowest BCUT2D eigenvalue weighted by atomic mass is 9.97. The molecule has 1 saturated heterocycles. The topological polar surface area (TPSA) is 97.5 Å². The van der Waals surface area contributed by atoms with Crippen molar-refractivity contribution >= 4 is 22.8 Å². The van der Waals surface area contributed by atoms with Crippen molar-refractivity contribution in [2.75, 3.05) is 26.2 Å². The number of para-hydroxylation sites is 1. The maximum Gasteiger partial charge on any atom is 0.314 e. The second kappa shape index (κ2) is 8.03. The van der Waals surface area contributed by atoms with E-state index < -0.39 is 6.03 Å². The summed E-state index contributed by atoms with van der Waals surface area (Å²) in [5, 5.41) is 3.90. The molecular formula is C19H24N4O3. The van der Waals surface area contributed by atoms with E-state index in [1.165, 1.54) is 4.90 Å². The number of aromatic nitrogens is 1. The van der Waals surface area contributed by atoms with E-state index in [1.54, 1.807) is 0 Å². The highest BCUT2D eigenvalue weighted by atomic mass is 16.5. The fourth-order valence-corrected chi connectivity index (χ4v) is 3.20. The zero-order chi connectivity index (χ0) is 18.5. The van der Waals surface area contributed by atoms with Crippen molar-refractivity contribution in [3.63, 3.8) is 0 Å². The molecule has 3 amide bonds. The Hall–Kier alpha value is -2.83. The Morgan fingerprint density at radius 3 is 3.00 bits per heavy atom. The zero-order valence-electron chi connectivity index (χ0n) is 14.9. The van der Waals surface area contributed by atoms with Crippen LogP contribution in [-0.4, -0.2) is 48.1 Å². The number of carbonyl (C=O) groups is 2. The first-order valence-electron chi connectivity index (χ1n) is 8.86. The van der Waals surface area contributed by atoms with Gasteiger partial charge < -0.3 is 20.7 Å². The third-order valence-electron chi connectivity index (χ3n) is 4.59. The fraction of sp³-hybridized carbons (Fsp3) is 0.421. The molecule has 0 spiro atoms. The van der Waals surface area contributed by atoms with Gasteiger partial charge >= 0.3 is 6.03 Å². The molecule has 138 valence electrons. The number of aryl methyl sites for hydroxylation is 1. The van der Waals surface area contributed by atoms with Gasteiger partial charge in [-0.1, -0.05) is 18.2 Å². The van der Waals surface area contributed by atoms with E-state index in [0.717, 1.165) is 29.4 Å². The Bertz CT molecular complexity index is 808. The number of rotatable bonds is 5. The standard InChI is InChI=1S/C19H24N4O3/c1-13-7-8-14-4-2-6-16(17(14)22-13)26-11-9-21-18(24)15-5-3-10-23(12-15)19(20)25/h2,4,6-8,15H,3,5,9-12H2,1H3,(H2,20,25)(H,21,24)/t15-/m1/s1. The van der Waals surface area contributed by atoms with Gasteiger partial charge in [0, 0.05) is 24.2 Å².